The van der Waals surface area contributed by atoms with Crippen molar-refractivity contribution in [3.8, 4) is 6.01 Å². The van der Waals surface area contributed by atoms with Crippen LogP contribution in [0.4, 0.5) is 17.6 Å². The van der Waals surface area contributed by atoms with Gasteiger partial charge < -0.3 is 15.4 Å². The van der Waals surface area contributed by atoms with E-state index in [-0.39, 0.29) is 0 Å². The lowest BCUT2D eigenvalue weighted by atomic mass is 10.2. The van der Waals surface area contributed by atoms with Crippen molar-refractivity contribution < 1.29 is 4.74 Å². The van der Waals surface area contributed by atoms with Crippen molar-refractivity contribution in [3.63, 3.8) is 0 Å². The molecule has 22 heavy (non-hydrogen) atoms. The molecular formula is C16H21N5O. The Hall–Kier alpha value is -2.37. The summed E-state index contributed by atoms with van der Waals surface area (Å²) >= 11 is 0. The van der Waals surface area contributed by atoms with E-state index in [2.05, 4.69) is 32.5 Å². The summed E-state index contributed by atoms with van der Waals surface area (Å²) in [4.78, 5) is 13.0. The fourth-order valence-electron chi connectivity index (χ4n) is 2.59. The number of benzene rings is 1. The molecule has 0 unspecified atom stereocenters. The molecule has 0 saturated heterocycles. The lowest BCUT2D eigenvalue weighted by Crippen LogP contribution is -2.17. The van der Waals surface area contributed by atoms with Crippen LogP contribution < -0.4 is 15.4 Å². The molecule has 3 rings (SSSR count). The predicted molar refractivity (Wildman–Crippen MR) is 86.7 cm³/mol. The smallest absolute Gasteiger partial charge is 0.322 e. The van der Waals surface area contributed by atoms with Gasteiger partial charge in [0.15, 0.2) is 0 Å². The molecule has 0 atom stereocenters. The van der Waals surface area contributed by atoms with Gasteiger partial charge in [-0.2, -0.15) is 15.0 Å². The van der Waals surface area contributed by atoms with E-state index in [0.717, 1.165) is 18.5 Å². The summed E-state index contributed by atoms with van der Waals surface area (Å²) in [6.07, 6.45) is 4.84. The highest BCUT2D eigenvalue weighted by Crippen LogP contribution is 2.22. The van der Waals surface area contributed by atoms with Crippen LogP contribution in [0, 0.1) is 6.92 Å². The van der Waals surface area contributed by atoms with Gasteiger partial charge in [-0.1, -0.05) is 30.5 Å². The number of anilines is 3. The third kappa shape index (κ3) is 3.63. The van der Waals surface area contributed by atoms with E-state index < -0.39 is 0 Å². The van der Waals surface area contributed by atoms with E-state index in [9.17, 15) is 0 Å². The Morgan fingerprint density at radius 2 is 1.68 bits per heavy atom. The van der Waals surface area contributed by atoms with Crippen LogP contribution in [0.15, 0.2) is 24.3 Å². The molecule has 116 valence electrons. The van der Waals surface area contributed by atoms with Crippen molar-refractivity contribution in [1.29, 1.82) is 0 Å². The molecule has 1 aromatic carbocycles. The first-order chi connectivity index (χ1) is 10.7. The lowest BCUT2D eigenvalue weighted by molar-refractivity contribution is 0.379. The minimum absolute atomic E-state index is 0.310. The lowest BCUT2D eigenvalue weighted by Gasteiger charge is -2.13. The van der Waals surface area contributed by atoms with E-state index >= 15 is 0 Å². The van der Waals surface area contributed by atoms with Crippen molar-refractivity contribution >= 4 is 17.6 Å². The molecule has 0 aliphatic heterocycles. The van der Waals surface area contributed by atoms with Crippen molar-refractivity contribution in [3.05, 3.63) is 29.8 Å². The summed E-state index contributed by atoms with van der Waals surface area (Å²) in [7, 11) is 1.56. The normalized spacial score (nSPS) is 14.8. The van der Waals surface area contributed by atoms with E-state index in [1.54, 1.807) is 7.11 Å². The van der Waals surface area contributed by atoms with Gasteiger partial charge in [0.05, 0.1) is 7.11 Å². The molecule has 1 aliphatic rings. The van der Waals surface area contributed by atoms with Crippen molar-refractivity contribution in [2.45, 2.75) is 38.6 Å². The van der Waals surface area contributed by atoms with Gasteiger partial charge in [0.25, 0.3) is 0 Å². The Morgan fingerprint density at radius 1 is 1.00 bits per heavy atom. The van der Waals surface area contributed by atoms with Crippen molar-refractivity contribution in [2.24, 2.45) is 0 Å². The number of ether oxygens (including phenoxy) is 1. The Balaban J connectivity index is 1.78. The molecule has 1 aromatic heterocycles. The van der Waals surface area contributed by atoms with Gasteiger partial charge in [-0.3, -0.25) is 0 Å². The molecule has 0 radical (unpaired) electrons. The molecule has 2 aromatic rings. The maximum absolute atomic E-state index is 5.17. The van der Waals surface area contributed by atoms with Gasteiger partial charge in [0.1, 0.15) is 0 Å². The van der Waals surface area contributed by atoms with Crippen molar-refractivity contribution in [1.82, 2.24) is 15.0 Å². The summed E-state index contributed by atoms with van der Waals surface area (Å²) < 4.78 is 5.17. The van der Waals surface area contributed by atoms with Crippen LogP contribution in [0.1, 0.15) is 31.2 Å². The van der Waals surface area contributed by atoms with Crippen LogP contribution in [0.25, 0.3) is 0 Å². The van der Waals surface area contributed by atoms with Gasteiger partial charge in [-0.15, -0.1) is 0 Å². The maximum atomic E-state index is 5.17. The molecule has 0 bridgehead atoms. The zero-order valence-corrected chi connectivity index (χ0v) is 13.0. The van der Waals surface area contributed by atoms with E-state index in [1.807, 2.05) is 24.3 Å². The molecule has 0 amide bonds. The zero-order chi connectivity index (χ0) is 15.4. The number of nitrogens with one attached hydrogen (secondary N) is 2. The largest absolute Gasteiger partial charge is 0.467 e. The van der Waals surface area contributed by atoms with Crippen LogP contribution >= 0.6 is 0 Å². The molecule has 0 spiro atoms. The van der Waals surface area contributed by atoms with Crippen molar-refractivity contribution in [2.75, 3.05) is 17.7 Å². The number of aryl methyl sites for hydroxylation is 1. The fourth-order valence-corrected chi connectivity index (χ4v) is 2.59. The summed E-state index contributed by atoms with van der Waals surface area (Å²) in [5, 5.41) is 6.56. The topological polar surface area (TPSA) is 72.0 Å². The molecule has 6 heteroatoms. The summed E-state index contributed by atoms with van der Waals surface area (Å²) in [6.45, 7) is 2.05. The fraction of sp³-hybridized carbons (Fsp3) is 0.438. The van der Waals surface area contributed by atoms with Gasteiger partial charge >= 0.3 is 6.01 Å². The standard InChI is InChI=1S/C16H21N5O/c1-11-7-9-13(10-8-11)18-15-19-14(20-16(21-15)22-2)17-12-5-3-4-6-12/h7-10,12H,3-6H2,1-2H3,(H2,17,18,19,20,21). The van der Waals surface area contributed by atoms with E-state index in [1.165, 1.54) is 18.4 Å². The monoisotopic (exact) mass is 299 g/mol. The quantitative estimate of drug-likeness (QED) is 0.882. The Morgan fingerprint density at radius 3 is 2.36 bits per heavy atom. The Kier molecular flexibility index (Phi) is 4.37. The Labute approximate surface area is 130 Å². The second-order valence-electron chi connectivity index (χ2n) is 5.59. The van der Waals surface area contributed by atoms with Crippen LogP contribution in [0.5, 0.6) is 6.01 Å². The summed E-state index contributed by atoms with van der Waals surface area (Å²) in [6, 6.07) is 8.83. The summed E-state index contributed by atoms with van der Waals surface area (Å²) in [5.74, 6) is 1.05. The third-order valence-electron chi connectivity index (χ3n) is 3.79. The van der Waals surface area contributed by atoms with Crippen LogP contribution in [-0.2, 0) is 0 Å². The summed E-state index contributed by atoms with van der Waals surface area (Å²) in [5.41, 5.74) is 2.15. The highest BCUT2D eigenvalue weighted by molar-refractivity contribution is 5.54. The number of aromatic nitrogens is 3. The average molecular weight is 299 g/mol. The van der Waals surface area contributed by atoms with Crippen LogP contribution in [0.2, 0.25) is 0 Å². The number of rotatable bonds is 5. The number of nitrogens with zero attached hydrogens (tertiary/aromatic N) is 3. The van der Waals surface area contributed by atoms with Gasteiger partial charge in [0.2, 0.25) is 11.9 Å². The molecule has 1 heterocycles. The highest BCUT2D eigenvalue weighted by Gasteiger charge is 2.17. The molecular weight excluding hydrogens is 278 g/mol. The Bertz CT molecular complexity index is 623. The second-order valence-corrected chi connectivity index (χ2v) is 5.59. The molecule has 2 N–H and O–H groups in total. The first kappa shape index (κ1) is 14.6. The first-order valence-corrected chi connectivity index (χ1v) is 7.63. The number of methoxy groups -OCH3 is 1. The first-order valence-electron chi connectivity index (χ1n) is 7.63. The zero-order valence-electron chi connectivity index (χ0n) is 13.0. The van der Waals surface area contributed by atoms with Gasteiger partial charge in [-0.25, -0.2) is 0 Å². The minimum atomic E-state index is 0.310. The predicted octanol–water partition coefficient (Wildman–Crippen LogP) is 3.29. The SMILES string of the molecule is COc1nc(Nc2ccc(C)cc2)nc(NC2CCCC2)n1. The highest BCUT2D eigenvalue weighted by atomic mass is 16.5. The van der Waals surface area contributed by atoms with E-state index in [4.69, 9.17) is 4.74 Å². The van der Waals surface area contributed by atoms with E-state index in [0.29, 0.717) is 23.9 Å². The van der Waals surface area contributed by atoms with Crippen LogP contribution in [0.3, 0.4) is 0 Å². The molecule has 1 aliphatic carbocycles. The number of hydrogen-bond donors (Lipinski definition) is 2. The average Bonchev–Trinajstić information content (AvgIpc) is 3.02. The molecule has 1 fully saturated rings. The second kappa shape index (κ2) is 6.60. The number of hydrogen-bond acceptors (Lipinski definition) is 6. The molecule has 1 saturated carbocycles. The van der Waals surface area contributed by atoms with Gasteiger partial charge in [-0.05, 0) is 31.9 Å². The maximum Gasteiger partial charge on any atom is 0.322 e. The minimum Gasteiger partial charge on any atom is -0.467 e. The molecule has 6 nitrogen and oxygen atoms in total. The van der Waals surface area contributed by atoms with Crippen LogP contribution in [-0.4, -0.2) is 28.1 Å². The third-order valence-corrected chi connectivity index (χ3v) is 3.79. The van der Waals surface area contributed by atoms with Gasteiger partial charge in [0, 0.05) is 11.7 Å².